The predicted octanol–water partition coefficient (Wildman–Crippen LogP) is 5.53. The third-order valence-electron chi connectivity index (χ3n) is 4.88. The summed E-state index contributed by atoms with van der Waals surface area (Å²) in [5.41, 5.74) is 1.89. The molecule has 0 fully saturated rings. The van der Waals surface area contributed by atoms with Gasteiger partial charge in [0.15, 0.2) is 11.6 Å². The minimum absolute atomic E-state index is 0.104. The second-order valence-corrected chi connectivity index (χ2v) is 8.07. The second kappa shape index (κ2) is 9.58. The van der Waals surface area contributed by atoms with Gasteiger partial charge in [-0.05, 0) is 62.8 Å². The number of hydrogen-bond donors (Lipinski definition) is 2. The number of hydrogen-bond acceptors (Lipinski definition) is 4. The number of carbonyl (C=O) groups excluding carboxylic acids is 1. The van der Waals surface area contributed by atoms with Crippen LogP contribution in [0.5, 0.6) is 0 Å². The van der Waals surface area contributed by atoms with Gasteiger partial charge in [-0.1, -0.05) is 6.42 Å². The predicted molar refractivity (Wildman–Crippen MR) is 107 cm³/mol. The van der Waals surface area contributed by atoms with Gasteiger partial charge in [0, 0.05) is 28.9 Å². The molecule has 2 N–H and O–H groups in total. The second-order valence-electron chi connectivity index (χ2n) is 7.22. The number of nitrogens with zero attached hydrogens (tertiary/aromatic N) is 1. The highest BCUT2D eigenvalue weighted by molar-refractivity contribution is 7.97. The van der Waals surface area contributed by atoms with Crippen molar-refractivity contribution in [3.8, 4) is 0 Å². The first-order chi connectivity index (χ1) is 14.6. The Hall–Kier alpha value is -2.11. The van der Waals surface area contributed by atoms with E-state index >= 15 is 0 Å². The molecule has 3 rings (SSSR count). The van der Waals surface area contributed by atoms with E-state index in [2.05, 4.69) is 14.8 Å². The fourth-order valence-corrected chi connectivity index (χ4v) is 4.49. The Bertz CT molecular complexity index is 961. The summed E-state index contributed by atoms with van der Waals surface area (Å²) in [6.45, 7) is 3.52. The lowest BCUT2D eigenvalue weighted by molar-refractivity contribution is -0.341. The summed E-state index contributed by atoms with van der Waals surface area (Å²) in [4.78, 5) is 13.7. The molecule has 1 aliphatic rings. The molecule has 0 saturated heterocycles. The Balaban J connectivity index is 1.87. The highest BCUT2D eigenvalue weighted by Crippen LogP contribution is 2.34. The number of aromatic nitrogens is 1. The highest BCUT2D eigenvalue weighted by atomic mass is 32.2. The fourth-order valence-electron chi connectivity index (χ4n) is 3.58. The lowest BCUT2D eigenvalue weighted by Crippen LogP contribution is -2.30. The maximum atomic E-state index is 13.5. The molecule has 5 nitrogen and oxygen atoms in total. The van der Waals surface area contributed by atoms with E-state index in [9.17, 15) is 26.7 Å². The zero-order valence-corrected chi connectivity index (χ0v) is 17.7. The maximum Gasteiger partial charge on any atom is 0.524 e. The molecule has 1 aromatic carbocycles. The van der Waals surface area contributed by atoms with Crippen molar-refractivity contribution >= 4 is 23.5 Å². The molecular weight excluding hydrogens is 441 g/mol. The number of ether oxygens (including phenoxy) is 1. The van der Waals surface area contributed by atoms with Crippen molar-refractivity contribution in [3.05, 3.63) is 46.8 Å². The van der Waals surface area contributed by atoms with Crippen LogP contribution >= 0.6 is 11.9 Å². The number of nitrogens with one attached hydrogen (secondary N) is 2. The Kier molecular flexibility index (Phi) is 7.28. The van der Waals surface area contributed by atoms with Crippen molar-refractivity contribution in [2.45, 2.75) is 63.6 Å². The summed E-state index contributed by atoms with van der Waals surface area (Å²) in [6, 6.07) is 3.07. The summed E-state index contributed by atoms with van der Waals surface area (Å²) in [6.07, 6.45) is -2.72. The summed E-state index contributed by atoms with van der Waals surface area (Å²) >= 11 is 0.983. The molecule has 0 aliphatic carbocycles. The van der Waals surface area contributed by atoms with Crippen LogP contribution in [-0.2, 0) is 17.7 Å². The van der Waals surface area contributed by atoms with Gasteiger partial charge in [-0.2, -0.15) is 0 Å². The number of anilines is 1. The highest BCUT2D eigenvalue weighted by Gasteiger charge is 2.32. The number of rotatable bonds is 6. The Labute approximate surface area is 180 Å². The van der Waals surface area contributed by atoms with Gasteiger partial charge in [-0.15, -0.1) is 13.2 Å². The van der Waals surface area contributed by atoms with Crippen molar-refractivity contribution in [1.29, 1.82) is 0 Å². The standard InChI is InChI=1S/C20H22F5N3O2S/c1-11-17(19(29)26-13-7-8-14(21)15(22)10-13)28-9-5-3-4-6-16(28)18(11)31-27-12(2)30-20(23,24)25/h7-8,10,12,27H,3-6,9H2,1-2H3,(H,26,29). The van der Waals surface area contributed by atoms with Crippen LogP contribution in [0.2, 0.25) is 0 Å². The first kappa shape index (κ1) is 23.6. The molecule has 0 radical (unpaired) electrons. The number of benzene rings is 1. The van der Waals surface area contributed by atoms with E-state index in [1.54, 1.807) is 6.92 Å². The molecule has 31 heavy (non-hydrogen) atoms. The molecule has 0 bridgehead atoms. The summed E-state index contributed by atoms with van der Waals surface area (Å²) in [5, 5.41) is 2.58. The van der Waals surface area contributed by atoms with E-state index in [0.29, 0.717) is 29.1 Å². The number of carbonyl (C=O) groups is 1. The molecule has 2 aromatic rings. The van der Waals surface area contributed by atoms with E-state index < -0.39 is 30.1 Å². The number of fused-ring (bicyclic) bond motifs is 1. The van der Waals surface area contributed by atoms with Crippen molar-refractivity contribution in [2.75, 3.05) is 5.32 Å². The van der Waals surface area contributed by atoms with Crippen molar-refractivity contribution < 1.29 is 31.5 Å². The first-order valence-corrected chi connectivity index (χ1v) is 10.5. The minimum atomic E-state index is -4.77. The monoisotopic (exact) mass is 463 g/mol. The Morgan fingerprint density at radius 2 is 1.94 bits per heavy atom. The van der Waals surface area contributed by atoms with E-state index in [4.69, 9.17) is 0 Å². The third kappa shape index (κ3) is 5.78. The van der Waals surface area contributed by atoms with E-state index in [-0.39, 0.29) is 5.69 Å². The van der Waals surface area contributed by atoms with E-state index in [0.717, 1.165) is 49.0 Å². The van der Waals surface area contributed by atoms with Crippen LogP contribution in [0, 0.1) is 18.6 Å². The van der Waals surface area contributed by atoms with Crippen molar-refractivity contribution in [3.63, 3.8) is 0 Å². The first-order valence-electron chi connectivity index (χ1n) is 9.72. The lowest BCUT2D eigenvalue weighted by Gasteiger charge is -2.16. The quantitative estimate of drug-likeness (QED) is 0.336. The smallest absolute Gasteiger partial charge is 0.339 e. The maximum absolute atomic E-state index is 13.5. The van der Waals surface area contributed by atoms with E-state index in [1.807, 2.05) is 4.57 Å². The van der Waals surface area contributed by atoms with Gasteiger partial charge in [-0.3, -0.25) is 9.53 Å². The van der Waals surface area contributed by atoms with Crippen LogP contribution in [0.3, 0.4) is 0 Å². The van der Waals surface area contributed by atoms with Gasteiger partial charge in [0.2, 0.25) is 0 Å². The molecule has 1 amide bonds. The Morgan fingerprint density at radius 1 is 1.19 bits per heavy atom. The SMILES string of the molecule is Cc1c(SNC(C)OC(F)(F)F)c2n(c1C(=O)Nc1ccc(F)c(F)c1)CCCCC2. The average molecular weight is 463 g/mol. The third-order valence-corrected chi connectivity index (χ3v) is 6.07. The van der Waals surface area contributed by atoms with Gasteiger partial charge >= 0.3 is 6.36 Å². The summed E-state index contributed by atoms with van der Waals surface area (Å²) in [7, 11) is 0. The summed E-state index contributed by atoms with van der Waals surface area (Å²) < 4.78 is 72.4. The Morgan fingerprint density at radius 3 is 2.61 bits per heavy atom. The van der Waals surface area contributed by atoms with Crippen LogP contribution in [0.25, 0.3) is 0 Å². The van der Waals surface area contributed by atoms with Gasteiger partial charge < -0.3 is 9.88 Å². The number of halogens is 5. The molecule has 1 aromatic heterocycles. The minimum Gasteiger partial charge on any atom is -0.339 e. The molecule has 0 saturated carbocycles. The molecule has 0 spiro atoms. The number of alkyl halides is 3. The molecule has 2 heterocycles. The lowest BCUT2D eigenvalue weighted by atomic mass is 10.1. The largest absolute Gasteiger partial charge is 0.524 e. The van der Waals surface area contributed by atoms with Crippen LogP contribution in [0.15, 0.2) is 23.1 Å². The van der Waals surface area contributed by atoms with Gasteiger partial charge in [-0.25, -0.2) is 13.5 Å². The van der Waals surface area contributed by atoms with Crippen molar-refractivity contribution in [1.82, 2.24) is 9.29 Å². The van der Waals surface area contributed by atoms with E-state index in [1.165, 1.54) is 13.0 Å². The molecular formula is C20H22F5N3O2S. The van der Waals surface area contributed by atoms with Gasteiger partial charge in [0.25, 0.3) is 5.91 Å². The molecule has 11 heteroatoms. The topological polar surface area (TPSA) is 55.3 Å². The van der Waals surface area contributed by atoms with Gasteiger partial charge in [0.1, 0.15) is 11.9 Å². The van der Waals surface area contributed by atoms with Gasteiger partial charge in [0.05, 0.1) is 0 Å². The average Bonchev–Trinajstić information content (AvgIpc) is 2.80. The summed E-state index contributed by atoms with van der Waals surface area (Å²) in [5.74, 6) is -2.61. The zero-order valence-electron chi connectivity index (χ0n) is 16.9. The molecule has 1 unspecified atom stereocenters. The zero-order chi connectivity index (χ0) is 22.8. The molecule has 1 aliphatic heterocycles. The number of amides is 1. The van der Waals surface area contributed by atoms with Crippen LogP contribution in [0.1, 0.15) is 47.9 Å². The molecule has 170 valence electrons. The molecule has 1 atom stereocenters. The van der Waals surface area contributed by atoms with Crippen molar-refractivity contribution in [2.24, 2.45) is 0 Å². The van der Waals surface area contributed by atoms with Crippen LogP contribution in [-0.4, -0.2) is 23.1 Å². The van der Waals surface area contributed by atoms with Crippen LogP contribution < -0.4 is 10.0 Å². The fraction of sp³-hybridized carbons (Fsp3) is 0.450. The van der Waals surface area contributed by atoms with Crippen LogP contribution in [0.4, 0.5) is 27.6 Å². The normalized spacial score (nSPS) is 15.3.